The zero-order valence-electron chi connectivity index (χ0n) is 12.9. The molecule has 21 heavy (non-hydrogen) atoms. The molecule has 0 aliphatic heterocycles. The smallest absolute Gasteiger partial charge is 0.252 e. The fourth-order valence-electron chi connectivity index (χ4n) is 2.82. The molecule has 4 nitrogen and oxygen atoms in total. The molecule has 116 valence electrons. The first-order valence-corrected chi connectivity index (χ1v) is 8.52. The van der Waals surface area contributed by atoms with Gasteiger partial charge in [0.15, 0.2) is 6.20 Å². The van der Waals surface area contributed by atoms with Crippen LogP contribution in [0.25, 0.3) is 0 Å². The number of nitrogens with zero attached hydrogens (tertiary/aromatic N) is 1. The first kappa shape index (κ1) is 16.1. The first-order valence-electron chi connectivity index (χ1n) is 7.64. The number of hydrogen-bond acceptors (Lipinski definition) is 3. The fraction of sp³-hybridized carbons (Fsp3) is 0.625. The molecular formula is C16H24N2O2S. The summed E-state index contributed by atoms with van der Waals surface area (Å²) < 4.78 is 0.805. The van der Waals surface area contributed by atoms with Crippen LogP contribution in [0.15, 0.2) is 29.4 Å². The Bertz CT molecular complexity index is 495. The van der Waals surface area contributed by atoms with E-state index in [2.05, 4.69) is 19.2 Å². The molecular weight excluding hydrogens is 284 g/mol. The van der Waals surface area contributed by atoms with Crippen molar-refractivity contribution in [3.05, 3.63) is 29.6 Å². The van der Waals surface area contributed by atoms with Crippen LogP contribution in [0.1, 0.15) is 40.0 Å². The van der Waals surface area contributed by atoms with Gasteiger partial charge in [0.2, 0.25) is 5.91 Å². The lowest BCUT2D eigenvalue weighted by Crippen LogP contribution is -2.46. The van der Waals surface area contributed by atoms with E-state index in [1.165, 1.54) is 30.8 Å². The predicted octanol–water partition coefficient (Wildman–Crippen LogP) is 2.74. The highest BCUT2D eigenvalue weighted by atomic mass is 32.2. The maximum Gasteiger partial charge on any atom is 0.252 e. The summed E-state index contributed by atoms with van der Waals surface area (Å²) in [6.45, 7) is 6.32. The Balaban J connectivity index is 1.92. The maximum absolute atomic E-state index is 12.3. The van der Waals surface area contributed by atoms with Gasteiger partial charge in [-0.1, -0.05) is 26.7 Å². The van der Waals surface area contributed by atoms with Gasteiger partial charge in [-0.05, 0) is 43.0 Å². The van der Waals surface area contributed by atoms with E-state index in [1.54, 1.807) is 12.1 Å². The lowest BCUT2D eigenvalue weighted by Gasteiger charge is -2.35. The molecule has 0 bridgehead atoms. The summed E-state index contributed by atoms with van der Waals surface area (Å²) in [6.07, 6.45) is 4.94. The van der Waals surface area contributed by atoms with Crippen molar-refractivity contribution in [2.24, 2.45) is 11.8 Å². The highest BCUT2D eigenvalue weighted by Crippen LogP contribution is 2.30. The molecule has 1 aliphatic rings. The number of carbonyl (C=O) groups is 1. The summed E-state index contributed by atoms with van der Waals surface area (Å²) in [5, 5.41) is 15.1. The molecule has 0 unspecified atom stereocenters. The Kier molecular flexibility index (Phi) is 5.51. The van der Waals surface area contributed by atoms with Gasteiger partial charge in [0.05, 0.1) is 5.25 Å². The molecule has 1 aliphatic carbocycles. The molecule has 1 N–H and O–H groups in total. The lowest BCUT2D eigenvalue weighted by atomic mass is 9.78. The zero-order valence-corrected chi connectivity index (χ0v) is 13.7. The highest BCUT2D eigenvalue weighted by molar-refractivity contribution is 8.00. The average molecular weight is 308 g/mol. The van der Waals surface area contributed by atoms with E-state index >= 15 is 0 Å². The Morgan fingerprint density at radius 1 is 1.43 bits per heavy atom. The SMILES string of the molecule is C[C@@H]1[C@H](C)CCC[C@@H]1NC(=O)[C@@H](C)Sc1cccc[n+]1[O-]. The molecule has 1 saturated carbocycles. The minimum Gasteiger partial charge on any atom is -0.618 e. The topological polar surface area (TPSA) is 56.0 Å². The summed E-state index contributed by atoms with van der Waals surface area (Å²) in [6, 6.07) is 5.51. The van der Waals surface area contributed by atoms with E-state index < -0.39 is 0 Å². The fourth-order valence-corrected chi connectivity index (χ4v) is 3.68. The van der Waals surface area contributed by atoms with E-state index in [0.717, 1.165) is 11.2 Å². The summed E-state index contributed by atoms with van der Waals surface area (Å²) >= 11 is 1.31. The summed E-state index contributed by atoms with van der Waals surface area (Å²) in [7, 11) is 0. The predicted molar refractivity (Wildman–Crippen MR) is 84.8 cm³/mol. The minimum absolute atomic E-state index is 0.0230. The number of rotatable bonds is 4. The zero-order chi connectivity index (χ0) is 15.4. The van der Waals surface area contributed by atoms with E-state index in [4.69, 9.17) is 0 Å². The number of nitrogens with one attached hydrogen (secondary N) is 1. The molecule has 1 heterocycles. The standard InChI is InChI=1S/C16H24N2O2S/c1-11-7-6-8-14(12(11)2)17-16(19)13(3)21-15-9-4-5-10-18(15)20/h4-5,9-14H,6-8H2,1-3H3,(H,17,19)/t11-,12-,13-,14+/m1/s1. The summed E-state index contributed by atoms with van der Waals surface area (Å²) in [5.41, 5.74) is 0. The summed E-state index contributed by atoms with van der Waals surface area (Å²) in [5.74, 6) is 1.20. The third kappa shape index (κ3) is 4.13. The second-order valence-corrected chi connectivity index (χ2v) is 7.37. The maximum atomic E-state index is 12.3. The molecule has 0 aromatic carbocycles. The number of amides is 1. The van der Waals surface area contributed by atoms with E-state index in [0.29, 0.717) is 16.9 Å². The van der Waals surface area contributed by atoms with Gasteiger partial charge in [-0.2, -0.15) is 4.73 Å². The van der Waals surface area contributed by atoms with Crippen molar-refractivity contribution in [3.63, 3.8) is 0 Å². The van der Waals surface area contributed by atoms with Crippen LogP contribution in [0.2, 0.25) is 0 Å². The van der Waals surface area contributed by atoms with Gasteiger partial charge in [0, 0.05) is 18.2 Å². The third-order valence-corrected chi connectivity index (χ3v) is 5.61. The Morgan fingerprint density at radius 3 is 2.90 bits per heavy atom. The second kappa shape index (κ2) is 7.16. The second-order valence-electron chi connectivity index (χ2n) is 6.01. The van der Waals surface area contributed by atoms with Crippen molar-refractivity contribution in [2.45, 2.75) is 56.4 Å². The Labute approximate surface area is 130 Å². The van der Waals surface area contributed by atoms with Crippen LogP contribution < -0.4 is 10.0 Å². The van der Waals surface area contributed by atoms with Gasteiger partial charge in [0.25, 0.3) is 5.03 Å². The first-order chi connectivity index (χ1) is 9.99. The Hall–Kier alpha value is -1.23. The molecule has 1 aromatic heterocycles. The molecule has 1 fully saturated rings. The van der Waals surface area contributed by atoms with E-state index in [1.807, 2.05) is 13.0 Å². The normalized spacial score (nSPS) is 27.1. The van der Waals surface area contributed by atoms with Crippen LogP contribution in [0, 0.1) is 17.0 Å². The van der Waals surface area contributed by atoms with Crippen LogP contribution in [0.4, 0.5) is 0 Å². The monoisotopic (exact) mass is 308 g/mol. The molecule has 0 radical (unpaired) electrons. The van der Waals surface area contributed by atoms with Crippen molar-refractivity contribution in [1.82, 2.24) is 5.32 Å². The van der Waals surface area contributed by atoms with Crippen LogP contribution >= 0.6 is 11.8 Å². The number of pyridine rings is 1. The minimum atomic E-state index is -0.267. The third-order valence-electron chi connectivity index (χ3n) is 4.49. The van der Waals surface area contributed by atoms with Gasteiger partial charge >= 0.3 is 0 Å². The quantitative estimate of drug-likeness (QED) is 0.528. The molecule has 4 atom stereocenters. The Morgan fingerprint density at radius 2 is 2.19 bits per heavy atom. The van der Waals surface area contributed by atoms with Crippen molar-refractivity contribution >= 4 is 17.7 Å². The summed E-state index contributed by atoms with van der Waals surface area (Å²) in [4.78, 5) is 12.3. The number of carbonyl (C=O) groups excluding carboxylic acids is 1. The van der Waals surface area contributed by atoms with Gasteiger partial charge in [-0.15, -0.1) is 0 Å². The largest absolute Gasteiger partial charge is 0.618 e. The molecule has 5 heteroatoms. The molecule has 2 rings (SSSR count). The highest BCUT2D eigenvalue weighted by Gasteiger charge is 2.29. The van der Waals surface area contributed by atoms with Gasteiger partial charge in [0.1, 0.15) is 0 Å². The van der Waals surface area contributed by atoms with Crippen LogP contribution in [-0.2, 0) is 4.79 Å². The van der Waals surface area contributed by atoms with Crippen LogP contribution in [0.3, 0.4) is 0 Å². The molecule has 1 amide bonds. The van der Waals surface area contributed by atoms with E-state index in [-0.39, 0.29) is 17.2 Å². The van der Waals surface area contributed by atoms with Gasteiger partial charge in [-0.3, -0.25) is 4.79 Å². The molecule has 1 aromatic rings. The van der Waals surface area contributed by atoms with Gasteiger partial charge < -0.3 is 10.5 Å². The van der Waals surface area contributed by atoms with E-state index in [9.17, 15) is 10.0 Å². The van der Waals surface area contributed by atoms with Crippen LogP contribution in [-0.4, -0.2) is 17.2 Å². The molecule has 0 spiro atoms. The lowest BCUT2D eigenvalue weighted by molar-refractivity contribution is -0.645. The van der Waals surface area contributed by atoms with Crippen LogP contribution in [0.5, 0.6) is 0 Å². The number of thioether (sulfide) groups is 1. The van der Waals surface area contributed by atoms with Crippen molar-refractivity contribution < 1.29 is 9.52 Å². The van der Waals surface area contributed by atoms with Crippen molar-refractivity contribution in [2.75, 3.05) is 0 Å². The average Bonchev–Trinajstić information content (AvgIpc) is 2.46. The van der Waals surface area contributed by atoms with Gasteiger partial charge in [-0.25, -0.2) is 0 Å². The number of aromatic nitrogens is 1. The number of hydrogen-bond donors (Lipinski definition) is 1. The molecule has 0 saturated heterocycles. The van der Waals surface area contributed by atoms with Crippen molar-refractivity contribution in [3.8, 4) is 0 Å². The van der Waals surface area contributed by atoms with Crippen molar-refractivity contribution in [1.29, 1.82) is 0 Å².